The summed E-state index contributed by atoms with van der Waals surface area (Å²) in [6, 6.07) is 3.41. The molecule has 0 aliphatic rings. The van der Waals surface area contributed by atoms with E-state index < -0.39 is 0 Å². The lowest BCUT2D eigenvalue weighted by Gasteiger charge is -2.12. The molecule has 0 unspecified atom stereocenters. The molecular weight excluding hydrogens is 319 g/mol. The number of methoxy groups -OCH3 is 1. The van der Waals surface area contributed by atoms with Gasteiger partial charge < -0.3 is 9.47 Å². The predicted molar refractivity (Wildman–Crippen MR) is 71.4 cm³/mol. The number of aldehydes is 1. The Labute approximate surface area is 109 Å². The Kier molecular flexibility index (Phi) is 4.79. The summed E-state index contributed by atoms with van der Waals surface area (Å²) >= 11 is 2.11. The molecule has 1 aromatic rings. The van der Waals surface area contributed by atoms with E-state index in [4.69, 9.17) is 9.47 Å². The topological polar surface area (TPSA) is 35.5 Å². The molecule has 0 aliphatic heterocycles. The predicted octanol–water partition coefficient (Wildman–Crippen LogP) is 3.07. The Morgan fingerprint density at radius 1 is 1.56 bits per heavy atom. The van der Waals surface area contributed by atoms with Gasteiger partial charge in [0.15, 0.2) is 11.5 Å². The zero-order chi connectivity index (χ0) is 12.1. The first-order valence-electron chi connectivity index (χ1n) is 4.68. The third-order valence-electron chi connectivity index (χ3n) is 1.85. The van der Waals surface area contributed by atoms with Crippen molar-refractivity contribution >= 4 is 28.9 Å². The van der Waals surface area contributed by atoms with Crippen molar-refractivity contribution in [3.05, 3.63) is 33.4 Å². The largest absolute Gasteiger partial charge is 0.493 e. The molecule has 0 aliphatic carbocycles. The number of hydrogen-bond acceptors (Lipinski definition) is 3. The van der Waals surface area contributed by atoms with Gasteiger partial charge in [-0.05, 0) is 47.2 Å². The number of halogens is 1. The van der Waals surface area contributed by atoms with Crippen molar-refractivity contribution in [1.82, 2.24) is 0 Å². The van der Waals surface area contributed by atoms with Gasteiger partial charge in [-0.3, -0.25) is 4.79 Å². The van der Waals surface area contributed by atoms with E-state index in [-0.39, 0.29) is 0 Å². The summed E-state index contributed by atoms with van der Waals surface area (Å²) < 4.78 is 11.6. The normalized spacial score (nSPS) is 9.69. The van der Waals surface area contributed by atoms with E-state index in [0.717, 1.165) is 15.4 Å². The smallest absolute Gasteiger partial charge is 0.174 e. The van der Waals surface area contributed by atoms with Crippen molar-refractivity contribution in [3.8, 4) is 11.5 Å². The first kappa shape index (κ1) is 13.0. The van der Waals surface area contributed by atoms with Crippen LogP contribution >= 0.6 is 22.6 Å². The van der Waals surface area contributed by atoms with Crippen LogP contribution in [-0.2, 0) is 0 Å². The minimum atomic E-state index is 0.437. The van der Waals surface area contributed by atoms with Gasteiger partial charge in [-0.1, -0.05) is 6.58 Å². The number of benzene rings is 1. The molecule has 0 amide bonds. The van der Waals surface area contributed by atoms with Crippen LogP contribution in [0.5, 0.6) is 11.5 Å². The minimum Gasteiger partial charge on any atom is -0.493 e. The van der Waals surface area contributed by atoms with Crippen LogP contribution in [0.15, 0.2) is 24.3 Å². The van der Waals surface area contributed by atoms with E-state index in [1.165, 1.54) is 0 Å². The first-order chi connectivity index (χ1) is 7.58. The maximum Gasteiger partial charge on any atom is 0.174 e. The van der Waals surface area contributed by atoms with Crippen molar-refractivity contribution in [2.24, 2.45) is 0 Å². The summed E-state index contributed by atoms with van der Waals surface area (Å²) in [5.74, 6) is 1.21. The highest BCUT2D eigenvalue weighted by molar-refractivity contribution is 14.1. The monoisotopic (exact) mass is 332 g/mol. The Bertz CT molecular complexity index is 413. The summed E-state index contributed by atoms with van der Waals surface area (Å²) in [4.78, 5) is 10.7. The molecule has 0 radical (unpaired) electrons. The Balaban J connectivity index is 3.06. The van der Waals surface area contributed by atoms with Crippen LogP contribution < -0.4 is 9.47 Å². The maximum absolute atomic E-state index is 10.7. The molecule has 0 atom stereocenters. The van der Waals surface area contributed by atoms with Gasteiger partial charge in [-0.25, -0.2) is 0 Å². The molecule has 0 heterocycles. The summed E-state index contributed by atoms with van der Waals surface area (Å²) in [7, 11) is 1.55. The third kappa shape index (κ3) is 3.23. The quantitative estimate of drug-likeness (QED) is 0.472. The highest BCUT2D eigenvalue weighted by Gasteiger charge is 2.11. The molecule has 1 rings (SSSR count). The molecule has 0 fully saturated rings. The lowest BCUT2D eigenvalue weighted by atomic mass is 10.2. The number of carbonyl (C=O) groups excluding carboxylic acids is 1. The first-order valence-corrected chi connectivity index (χ1v) is 5.76. The fourth-order valence-corrected chi connectivity index (χ4v) is 1.92. The summed E-state index contributed by atoms with van der Waals surface area (Å²) in [5.41, 5.74) is 1.50. The second-order valence-corrected chi connectivity index (χ2v) is 4.56. The Morgan fingerprint density at radius 3 is 2.75 bits per heavy atom. The number of carbonyl (C=O) groups is 1. The van der Waals surface area contributed by atoms with Gasteiger partial charge in [0.25, 0.3) is 0 Å². The molecule has 86 valence electrons. The zero-order valence-electron chi connectivity index (χ0n) is 9.25. The molecule has 0 aromatic heterocycles. The van der Waals surface area contributed by atoms with E-state index >= 15 is 0 Å². The van der Waals surface area contributed by atoms with E-state index in [1.807, 2.05) is 6.92 Å². The molecule has 0 bridgehead atoms. The second-order valence-electron chi connectivity index (χ2n) is 3.40. The lowest BCUT2D eigenvalue weighted by Crippen LogP contribution is -2.02. The average Bonchev–Trinajstić information content (AvgIpc) is 2.26. The molecule has 1 aromatic carbocycles. The molecule has 0 spiro atoms. The summed E-state index contributed by atoms with van der Waals surface area (Å²) in [6.07, 6.45) is 0.785. The molecule has 16 heavy (non-hydrogen) atoms. The lowest BCUT2D eigenvalue weighted by molar-refractivity contribution is 0.112. The van der Waals surface area contributed by atoms with Crippen molar-refractivity contribution in [2.75, 3.05) is 13.7 Å². The van der Waals surface area contributed by atoms with Gasteiger partial charge in [0.05, 0.1) is 10.7 Å². The molecule has 0 saturated carbocycles. The Hall–Kier alpha value is -1.04. The number of hydrogen-bond donors (Lipinski definition) is 0. The fraction of sp³-hybridized carbons (Fsp3) is 0.250. The van der Waals surface area contributed by atoms with Crippen molar-refractivity contribution in [1.29, 1.82) is 0 Å². The molecular formula is C12H13IO3. The molecule has 0 N–H and O–H groups in total. The highest BCUT2D eigenvalue weighted by Crippen LogP contribution is 2.33. The highest BCUT2D eigenvalue weighted by atomic mass is 127. The number of ether oxygens (including phenoxy) is 2. The van der Waals surface area contributed by atoms with E-state index in [2.05, 4.69) is 29.2 Å². The summed E-state index contributed by atoms with van der Waals surface area (Å²) in [6.45, 7) is 6.09. The second kappa shape index (κ2) is 5.89. The van der Waals surface area contributed by atoms with Crippen molar-refractivity contribution in [2.45, 2.75) is 6.92 Å². The van der Waals surface area contributed by atoms with Gasteiger partial charge in [0, 0.05) is 5.56 Å². The van der Waals surface area contributed by atoms with Crippen LogP contribution in [0.3, 0.4) is 0 Å². The van der Waals surface area contributed by atoms with Crippen LogP contribution in [-0.4, -0.2) is 20.0 Å². The zero-order valence-corrected chi connectivity index (χ0v) is 11.4. The van der Waals surface area contributed by atoms with Crippen LogP contribution in [0.4, 0.5) is 0 Å². The molecule has 4 heteroatoms. The van der Waals surface area contributed by atoms with Crippen molar-refractivity contribution < 1.29 is 14.3 Å². The third-order valence-corrected chi connectivity index (χ3v) is 2.65. The van der Waals surface area contributed by atoms with E-state index in [9.17, 15) is 4.79 Å². The van der Waals surface area contributed by atoms with E-state index in [1.54, 1.807) is 19.2 Å². The van der Waals surface area contributed by atoms with Gasteiger partial charge in [-0.15, -0.1) is 0 Å². The van der Waals surface area contributed by atoms with Crippen LogP contribution in [0.25, 0.3) is 0 Å². The van der Waals surface area contributed by atoms with Crippen LogP contribution in [0, 0.1) is 3.57 Å². The maximum atomic E-state index is 10.7. The minimum absolute atomic E-state index is 0.437. The SMILES string of the molecule is C=C(C)COc1c(I)cc(C=O)cc1OC. The van der Waals surface area contributed by atoms with Gasteiger partial charge in [-0.2, -0.15) is 0 Å². The van der Waals surface area contributed by atoms with Crippen LogP contribution in [0.1, 0.15) is 17.3 Å². The van der Waals surface area contributed by atoms with Crippen LogP contribution in [0.2, 0.25) is 0 Å². The molecule has 3 nitrogen and oxygen atoms in total. The summed E-state index contributed by atoms with van der Waals surface area (Å²) in [5, 5.41) is 0. The van der Waals surface area contributed by atoms with Gasteiger partial charge >= 0.3 is 0 Å². The molecule has 0 saturated heterocycles. The van der Waals surface area contributed by atoms with Gasteiger partial charge in [0.1, 0.15) is 12.9 Å². The fourth-order valence-electron chi connectivity index (χ4n) is 1.14. The standard InChI is InChI=1S/C12H13IO3/c1-8(2)7-16-12-10(13)4-9(6-14)5-11(12)15-3/h4-6H,1,7H2,2-3H3. The average molecular weight is 332 g/mol. The Morgan fingerprint density at radius 2 is 2.25 bits per heavy atom. The van der Waals surface area contributed by atoms with Crippen molar-refractivity contribution in [3.63, 3.8) is 0 Å². The van der Waals surface area contributed by atoms with Gasteiger partial charge in [0.2, 0.25) is 0 Å². The number of rotatable bonds is 5. The van der Waals surface area contributed by atoms with E-state index in [0.29, 0.717) is 23.7 Å².